The number of nitrogens with zero attached hydrogens (tertiary/aromatic N) is 1. The molecule has 1 fully saturated rings. The number of methoxy groups -OCH3 is 1. The molecular formula is C15H19NO5. The van der Waals surface area contributed by atoms with E-state index in [0.29, 0.717) is 36.5 Å². The fraction of sp³-hybridized carbons (Fsp3) is 0.533. The maximum absolute atomic E-state index is 11.7. The third kappa shape index (κ3) is 3.15. The topological polar surface area (TPSA) is 89.7 Å². The molecule has 0 aliphatic heterocycles. The maximum Gasteiger partial charge on any atom is 0.309 e. The highest BCUT2D eigenvalue weighted by molar-refractivity contribution is 5.75. The number of aliphatic carboxylic acids is 1. The van der Waals surface area contributed by atoms with Gasteiger partial charge >= 0.3 is 5.97 Å². The maximum atomic E-state index is 11.7. The molecular weight excluding hydrogens is 274 g/mol. The molecule has 1 aromatic rings. The quantitative estimate of drug-likeness (QED) is 0.665. The lowest BCUT2D eigenvalue weighted by molar-refractivity contribution is -0.385. The number of carbonyl (C=O) groups is 1. The van der Waals surface area contributed by atoms with Crippen LogP contribution in [0.5, 0.6) is 5.75 Å². The third-order valence-corrected chi connectivity index (χ3v) is 4.25. The number of hydrogen-bond donors (Lipinski definition) is 1. The molecule has 0 spiro atoms. The van der Waals surface area contributed by atoms with Crippen LogP contribution in [0.4, 0.5) is 5.69 Å². The Morgan fingerprint density at radius 2 is 2.24 bits per heavy atom. The van der Waals surface area contributed by atoms with Crippen LogP contribution in [-0.4, -0.2) is 23.1 Å². The van der Waals surface area contributed by atoms with Crippen LogP contribution < -0.4 is 4.74 Å². The van der Waals surface area contributed by atoms with E-state index >= 15 is 0 Å². The Bertz CT molecular complexity index is 571. The molecule has 1 N–H and O–H groups in total. The van der Waals surface area contributed by atoms with Gasteiger partial charge < -0.3 is 9.84 Å². The van der Waals surface area contributed by atoms with Crippen LogP contribution in [0.15, 0.2) is 18.2 Å². The highest BCUT2D eigenvalue weighted by Gasteiger charge is 2.44. The lowest BCUT2D eigenvalue weighted by Crippen LogP contribution is -2.30. The molecule has 1 aromatic carbocycles. The molecule has 6 heteroatoms. The average Bonchev–Trinajstić information content (AvgIpc) is 2.80. The molecule has 0 aromatic heterocycles. The summed E-state index contributed by atoms with van der Waals surface area (Å²) in [7, 11) is 1.44. The molecule has 6 nitrogen and oxygen atoms in total. The first-order valence-electron chi connectivity index (χ1n) is 6.92. The Balaban J connectivity index is 2.35. The van der Waals surface area contributed by atoms with E-state index in [1.807, 2.05) is 6.92 Å². The van der Waals surface area contributed by atoms with Crippen molar-refractivity contribution in [2.75, 3.05) is 7.11 Å². The van der Waals surface area contributed by atoms with E-state index in [9.17, 15) is 20.0 Å². The molecule has 1 aliphatic rings. The molecule has 114 valence electrons. The number of non-ortho nitro benzene ring substituents is 1. The predicted octanol–water partition coefficient (Wildman–Crippen LogP) is 3.04. The fourth-order valence-corrected chi connectivity index (χ4v) is 3.18. The van der Waals surface area contributed by atoms with Gasteiger partial charge in [-0.25, -0.2) is 0 Å². The van der Waals surface area contributed by atoms with Crippen molar-refractivity contribution >= 4 is 11.7 Å². The molecule has 2 rings (SSSR count). The van der Waals surface area contributed by atoms with E-state index in [1.54, 1.807) is 6.07 Å². The highest BCUT2D eigenvalue weighted by atomic mass is 16.6. The summed E-state index contributed by atoms with van der Waals surface area (Å²) in [5, 5.41) is 20.5. The van der Waals surface area contributed by atoms with Gasteiger partial charge in [0.1, 0.15) is 5.75 Å². The SMILES string of the molecule is COc1cc(CC2(C(=O)O)CCC(C)C2)cc([N+](=O)[O-])c1. The van der Waals surface area contributed by atoms with Gasteiger partial charge in [-0.3, -0.25) is 14.9 Å². The second-order valence-electron chi connectivity index (χ2n) is 5.91. The Kier molecular flexibility index (Phi) is 4.16. The number of benzene rings is 1. The second kappa shape index (κ2) is 5.71. The minimum atomic E-state index is -0.822. The zero-order valence-corrected chi connectivity index (χ0v) is 12.2. The number of carboxylic acids is 1. The Hall–Kier alpha value is -2.11. The third-order valence-electron chi connectivity index (χ3n) is 4.25. The van der Waals surface area contributed by atoms with Crippen LogP contribution in [0.1, 0.15) is 31.7 Å². The van der Waals surface area contributed by atoms with Crippen LogP contribution in [-0.2, 0) is 11.2 Å². The molecule has 1 aliphatic carbocycles. The van der Waals surface area contributed by atoms with E-state index in [-0.39, 0.29) is 5.69 Å². The first-order chi connectivity index (χ1) is 9.86. The minimum absolute atomic E-state index is 0.0732. The number of nitro groups is 1. The number of ether oxygens (including phenoxy) is 1. The Morgan fingerprint density at radius 3 is 2.71 bits per heavy atom. The number of carboxylic acid groups (broad SMARTS) is 1. The number of hydrogen-bond acceptors (Lipinski definition) is 4. The summed E-state index contributed by atoms with van der Waals surface area (Å²) in [6, 6.07) is 4.46. The first-order valence-corrected chi connectivity index (χ1v) is 6.92. The van der Waals surface area contributed by atoms with E-state index < -0.39 is 16.3 Å². The largest absolute Gasteiger partial charge is 0.496 e. The van der Waals surface area contributed by atoms with Crippen LogP contribution in [0, 0.1) is 21.4 Å². The van der Waals surface area contributed by atoms with E-state index in [0.717, 1.165) is 6.42 Å². The molecule has 1 saturated carbocycles. The van der Waals surface area contributed by atoms with Crippen molar-refractivity contribution in [3.05, 3.63) is 33.9 Å². The monoisotopic (exact) mass is 293 g/mol. The molecule has 0 heterocycles. The summed E-state index contributed by atoms with van der Waals surface area (Å²) < 4.78 is 5.07. The normalized spacial score (nSPS) is 24.8. The fourth-order valence-electron chi connectivity index (χ4n) is 3.18. The van der Waals surface area contributed by atoms with Crippen molar-refractivity contribution < 1.29 is 19.6 Å². The standard InChI is InChI=1S/C15H19NO5/c1-10-3-4-15(8-10,14(17)18)9-11-5-12(16(19)20)7-13(6-11)21-2/h5-7,10H,3-4,8-9H2,1-2H3,(H,17,18). The molecule has 2 unspecified atom stereocenters. The van der Waals surface area contributed by atoms with Gasteiger partial charge in [-0.2, -0.15) is 0 Å². The van der Waals surface area contributed by atoms with Crippen molar-refractivity contribution in [3.8, 4) is 5.75 Å². The van der Waals surface area contributed by atoms with Crippen molar-refractivity contribution in [2.45, 2.75) is 32.6 Å². The first kappa shape index (κ1) is 15.3. The van der Waals surface area contributed by atoms with Gasteiger partial charge in [0.15, 0.2) is 0 Å². The summed E-state index contributed by atoms with van der Waals surface area (Å²) >= 11 is 0. The van der Waals surface area contributed by atoms with Gasteiger partial charge in [0.05, 0.1) is 23.5 Å². The molecule has 0 saturated heterocycles. The molecule has 0 radical (unpaired) electrons. The van der Waals surface area contributed by atoms with Crippen molar-refractivity contribution in [1.29, 1.82) is 0 Å². The van der Waals surface area contributed by atoms with Gasteiger partial charge in [0, 0.05) is 6.07 Å². The summed E-state index contributed by atoms with van der Waals surface area (Å²) in [5.41, 5.74) is -0.256. The smallest absolute Gasteiger partial charge is 0.309 e. The number of rotatable bonds is 5. The number of nitro benzene ring substituents is 1. The van der Waals surface area contributed by atoms with Crippen molar-refractivity contribution in [2.24, 2.45) is 11.3 Å². The molecule has 0 amide bonds. The van der Waals surface area contributed by atoms with Gasteiger partial charge in [-0.05, 0) is 43.2 Å². The summed E-state index contributed by atoms with van der Waals surface area (Å²) in [5.74, 6) is -0.0789. The molecule has 2 atom stereocenters. The Morgan fingerprint density at radius 1 is 1.52 bits per heavy atom. The minimum Gasteiger partial charge on any atom is -0.496 e. The molecule has 21 heavy (non-hydrogen) atoms. The van der Waals surface area contributed by atoms with E-state index in [1.165, 1.54) is 19.2 Å². The molecule has 0 bridgehead atoms. The zero-order valence-electron chi connectivity index (χ0n) is 12.2. The van der Waals surface area contributed by atoms with E-state index in [4.69, 9.17) is 4.74 Å². The van der Waals surface area contributed by atoms with E-state index in [2.05, 4.69) is 0 Å². The van der Waals surface area contributed by atoms with Crippen molar-refractivity contribution in [1.82, 2.24) is 0 Å². The lowest BCUT2D eigenvalue weighted by Gasteiger charge is -2.24. The van der Waals surface area contributed by atoms with Crippen LogP contribution in [0.2, 0.25) is 0 Å². The highest BCUT2D eigenvalue weighted by Crippen LogP contribution is 2.45. The van der Waals surface area contributed by atoms with Gasteiger partial charge in [0.2, 0.25) is 0 Å². The van der Waals surface area contributed by atoms with Gasteiger partial charge in [-0.15, -0.1) is 0 Å². The summed E-state index contributed by atoms with van der Waals surface area (Å²) in [6.07, 6.45) is 2.38. The van der Waals surface area contributed by atoms with Gasteiger partial charge in [0.25, 0.3) is 5.69 Å². The Labute approximate surface area is 122 Å². The van der Waals surface area contributed by atoms with Gasteiger partial charge in [-0.1, -0.05) is 6.92 Å². The second-order valence-corrected chi connectivity index (χ2v) is 5.91. The summed E-state index contributed by atoms with van der Waals surface area (Å²) in [6.45, 7) is 2.04. The van der Waals surface area contributed by atoms with Crippen LogP contribution >= 0.6 is 0 Å². The average molecular weight is 293 g/mol. The van der Waals surface area contributed by atoms with Crippen LogP contribution in [0.3, 0.4) is 0 Å². The summed E-state index contributed by atoms with van der Waals surface area (Å²) in [4.78, 5) is 22.2. The van der Waals surface area contributed by atoms with Crippen LogP contribution in [0.25, 0.3) is 0 Å². The zero-order chi connectivity index (χ0) is 15.6. The van der Waals surface area contributed by atoms with Crippen molar-refractivity contribution in [3.63, 3.8) is 0 Å². The lowest BCUT2D eigenvalue weighted by atomic mass is 9.79. The predicted molar refractivity (Wildman–Crippen MR) is 76.4 cm³/mol.